The Morgan fingerprint density at radius 3 is 3.00 bits per heavy atom. The van der Waals surface area contributed by atoms with Gasteiger partial charge in [-0.2, -0.15) is 5.26 Å². The molecule has 0 atom stereocenters. The lowest BCUT2D eigenvalue weighted by molar-refractivity contribution is 0.747. The van der Waals surface area contributed by atoms with Gasteiger partial charge in [0.05, 0.1) is 6.54 Å². The molecule has 0 saturated heterocycles. The van der Waals surface area contributed by atoms with Crippen LogP contribution in [0.5, 0.6) is 0 Å². The van der Waals surface area contributed by atoms with Gasteiger partial charge in [-0.05, 0) is 46.6 Å². The van der Waals surface area contributed by atoms with Gasteiger partial charge < -0.3 is 4.57 Å². The van der Waals surface area contributed by atoms with Gasteiger partial charge in [-0.3, -0.25) is 4.79 Å². The van der Waals surface area contributed by atoms with Gasteiger partial charge in [0.1, 0.15) is 11.8 Å². The lowest BCUT2D eigenvalue weighted by Crippen LogP contribution is -2.22. The predicted octanol–water partition coefficient (Wildman–Crippen LogP) is 2.23. The van der Waals surface area contributed by atoms with Gasteiger partial charge in [0, 0.05) is 22.4 Å². The van der Waals surface area contributed by atoms with Crippen molar-refractivity contribution in [2.24, 2.45) is 0 Å². The monoisotopic (exact) mass is 303 g/mol. The lowest BCUT2D eigenvalue weighted by Gasteiger charge is -2.07. The van der Waals surface area contributed by atoms with Crippen LogP contribution in [-0.2, 0) is 6.54 Å². The first-order chi connectivity index (χ1) is 8.60. The van der Waals surface area contributed by atoms with Gasteiger partial charge in [-0.15, -0.1) is 0 Å². The summed E-state index contributed by atoms with van der Waals surface area (Å²) in [5.41, 5.74) is 1.88. The minimum absolute atomic E-state index is 0.0338. The molecule has 90 valence electrons. The number of rotatable bonds is 2. The number of hydrogen-bond donors (Lipinski definition) is 0. The van der Waals surface area contributed by atoms with E-state index < -0.39 is 0 Å². The topological polar surface area (TPSA) is 58.7 Å². The van der Waals surface area contributed by atoms with E-state index in [1.165, 1.54) is 0 Å². The number of nitrogens with zero attached hydrogens (tertiary/aromatic N) is 3. The van der Waals surface area contributed by atoms with Crippen molar-refractivity contribution in [2.75, 3.05) is 0 Å². The fourth-order valence-electron chi connectivity index (χ4n) is 1.69. The Morgan fingerprint density at radius 1 is 1.50 bits per heavy atom. The summed E-state index contributed by atoms with van der Waals surface area (Å²) in [7, 11) is 0. The second kappa shape index (κ2) is 5.15. The molecule has 2 heterocycles. The van der Waals surface area contributed by atoms with E-state index in [0.29, 0.717) is 17.8 Å². The van der Waals surface area contributed by atoms with E-state index in [0.717, 1.165) is 10.0 Å². The van der Waals surface area contributed by atoms with Crippen molar-refractivity contribution in [1.29, 1.82) is 5.26 Å². The average Bonchev–Trinajstić information content (AvgIpc) is 2.35. The van der Waals surface area contributed by atoms with E-state index in [1.54, 1.807) is 42.1 Å². The fraction of sp³-hybridized carbons (Fsp3) is 0.154. The zero-order chi connectivity index (χ0) is 13.1. The maximum Gasteiger partial charge on any atom is 0.253 e. The van der Waals surface area contributed by atoms with Crippen LogP contribution in [0.2, 0.25) is 0 Å². The molecular weight excluding hydrogens is 294 g/mol. The van der Waals surface area contributed by atoms with E-state index in [1.807, 2.05) is 6.07 Å². The molecule has 0 bridgehead atoms. The molecule has 0 aliphatic heterocycles. The van der Waals surface area contributed by atoms with Gasteiger partial charge in [0.25, 0.3) is 5.56 Å². The van der Waals surface area contributed by atoms with Crippen LogP contribution in [0.1, 0.15) is 16.8 Å². The Labute approximate surface area is 113 Å². The van der Waals surface area contributed by atoms with Crippen molar-refractivity contribution in [3.05, 3.63) is 62.2 Å². The SMILES string of the molecule is Cc1cc(Br)cn(Cc2ccnc(C#N)c2)c1=O. The lowest BCUT2D eigenvalue weighted by atomic mass is 10.2. The Balaban J connectivity index is 2.40. The average molecular weight is 304 g/mol. The van der Waals surface area contributed by atoms with Crippen LogP contribution in [0.3, 0.4) is 0 Å². The number of aromatic nitrogens is 2. The summed E-state index contributed by atoms with van der Waals surface area (Å²) in [6.07, 6.45) is 3.31. The van der Waals surface area contributed by atoms with E-state index in [4.69, 9.17) is 5.26 Å². The standard InChI is InChI=1S/C13H10BrN3O/c1-9-4-11(14)8-17(13(9)18)7-10-2-3-16-12(5-10)6-15/h2-5,8H,7H2,1H3. The summed E-state index contributed by atoms with van der Waals surface area (Å²) in [5.74, 6) is 0. The first-order valence-corrected chi connectivity index (χ1v) is 6.11. The molecule has 0 aromatic carbocycles. The summed E-state index contributed by atoms with van der Waals surface area (Å²) in [4.78, 5) is 15.8. The highest BCUT2D eigenvalue weighted by Crippen LogP contribution is 2.10. The van der Waals surface area contributed by atoms with E-state index in [-0.39, 0.29) is 5.56 Å². The first-order valence-electron chi connectivity index (χ1n) is 5.32. The van der Waals surface area contributed by atoms with Crippen molar-refractivity contribution in [2.45, 2.75) is 13.5 Å². The maximum absolute atomic E-state index is 11.9. The van der Waals surface area contributed by atoms with Crippen LogP contribution in [0.4, 0.5) is 0 Å². The molecule has 0 fully saturated rings. The largest absolute Gasteiger partial charge is 0.310 e. The van der Waals surface area contributed by atoms with Crippen LogP contribution >= 0.6 is 15.9 Å². The summed E-state index contributed by atoms with van der Waals surface area (Å²) in [6, 6.07) is 7.24. The third-order valence-corrected chi connectivity index (χ3v) is 2.96. The number of pyridine rings is 2. The summed E-state index contributed by atoms with van der Waals surface area (Å²) >= 11 is 3.36. The smallest absolute Gasteiger partial charge is 0.253 e. The van der Waals surface area contributed by atoms with Crippen LogP contribution in [0.25, 0.3) is 0 Å². The Kier molecular flexibility index (Phi) is 3.58. The van der Waals surface area contributed by atoms with Crippen molar-refractivity contribution in [3.8, 4) is 6.07 Å². The highest BCUT2D eigenvalue weighted by atomic mass is 79.9. The molecule has 0 radical (unpaired) electrons. The molecule has 2 aromatic heterocycles. The Bertz CT molecular complexity index is 685. The molecule has 0 N–H and O–H groups in total. The number of nitriles is 1. The number of halogens is 1. The molecule has 0 aliphatic rings. The van der Waals surface area contributed by atoms with Gasteiger partial charge in [-0.25, -0.2) is 4.98 Å². The van der Waals surface area contributed by atoms with Gasteiger partial charge in [-0.1, -0.05) is 0 Å². The van der Waals surface area contributed by atoms with Crippen LogP contribution in [0.15, 0.2) is 39.9 Å². The molecule has 0 saturated carbocycles. The predicted molar refractivity (Wildman–Crippen MR) is 71.2 cm³/mol. The molecular formula is C13H10BrN3O. The van der Waals surface area contributed by atoms with Gasteiger partial charge >= 0.3 is 0 Å². The summed E-state index contributed by atoms with van der Waals surface area (Å²) in [6.45, 7) is 2.20. The molecule has 4 nitrogen and oxygen atoms in total. The summed E-state index contributed by atoms with van der Waals surface area (Å²) < 4.78 is 2.46. The molecule has 0 aliphatic carbocycles. The Morgan fingerprint density at radius 2 is 2.28 bits per heavy atom. The van der Waals surface area contributed by atoms with Crippen molar-refractivity contribution >= 4 is 15.9 Å². The third-order valence-electron chi connectivity index (χ3n) is 2.52. The Hall–Kier alpha value is -1.93. The normalized spacial score (nSPS) is 10.1. The number of hydrogen-bond acceptors (Lipinski definition) is 3. The molecule has 5 heteroatoms. The zero-order valence-corrected chi connectivity index (χ0v) is 11.3. The molecule has 0 spiro atoms. The van der Waals surface area contributed by atoms with Gasteiger partial charge in [0.2, 0.25) is 0 Å². The molecule has 0 unspecified atom stereocenters. The first kappa shape index (κ1) is 12.5. The quantitative estimate of drug-likeness (QED) is 0.855. The van der Waals surface area contributed by atoms with Crippen molar-refractivity contribution in [1.82, 2.24) is 9.55 Å². The number of aryl methyl sites for hydroxylation is 1. The van der Waals surface area contributed by atoms with E-state index in [2.05, 4.69) is 20.9 Å². The minimum Gasteiger partial charge on any atom is -0.310 e. The third kappa shape index (κ3) is 2.66. The highest BCUT2D eigenvalue weighted by molar-refractivity contribution is 9.10. The molecule has 2 rings (SSSR count). The van der Waals surface area contributed by atoms with Crippen molar-refractivity contribution < 1.29 is 0 Å². The molecule has 18 heavy (non-hydrogen) atoms. The molecule has 0 amide bonds. The minimum atomic E-state index is -0.0338. The van der Waals surface area contributed by atoms with Crippen molar-refractivity contribution in [3.63, 3.8) is 0 Å². The zero-order valence-electron chi connectivity index (χ0n) is 9.72. The molecule has 2 aromatic rings. The van der Waals surface area contributed by atoms with E-state index in [9.17, 15) is 4.79 Å². The maximum atomic E-state index is 11.9. The van der Waals surface area contributed by atoms with E-state index >= 15 is 0 Å². The van der Waals surface area contributed by atoms with Gasteiger partial charge in [0.15, 0.2) is 0 Å². The van der Waals surface area contributed by atoms with Crippen LogP contribution < -0.4 is 5.56 Å². The second-order valence-corrected chi connectivity index (χ2v) is 4.85. The highest BCUT2D eigenvalue weighted by Gasteiger charge is 2.03. The fourth-order valence-corrected chi connectivity index (χ4v) is 2.28. The van der Waals surface area contributed by atoms with Crippen LogP contribution in [-0.4, -0.2) is 9.55 Å². The van der Waals surface area contributed by atoms with Crippen LogP contribution in [0, 0.1) is 18.3 Å². The summed E-state index contributed by atoms with van der Waals surface area (Å²) in [5, 5.41) is 8.78. The second-order valence-electron chi connectivity index (χ2n) is 3.94.